The summed E-state index contributed by atoms with van der Waals surface area (Å²) in [5.74, 6) is 1.58. The number of anilines is 1. The molecule has 0 spiro atoms. The third-order valence-corrected chi connectivity index (χ3v) is 3.35. The van der Waals surface area contributed by atoms with E-state index >= 15 is 0 Å². The second-order valence-corrected chi connectivity index (χ2v) is 4.48. The Morgan fingerprint density at radius 2 is 1.90 bits per heavy atom. The van der Waals surface area contributed by atoms with Crippen LogP contribution in [0.3, 0.4) is 0 Å². The van der Waals surface area contributed by atoms with Gasteiger partial charge in [-0.1, -0.05) is 12.1 Å². The van der Waals surface area contributed by atoms with Gasteiger partial charge < -0.3 is 20.3 Å². The van der Waals surface area contributed by atoms with Crippen LogP contribution in [0, 0.1) is 0 Å². The Hall–Kier alpha value is -1.18. The highest BCUT2D eigenvalue weighted by Gasteiger charge is 2.20. The Morgan fingerprint density at radius 1 is 1.25 bits per heavy atom. The predicted molar refractivity (Wildman–Crippen MR) is 94.4 cm³/mol. The van der Waals surface area contributed by atoms with Gasteiger partial charge in [-0.05, 0) is 19.1 Å². The van der Waals surface area contributed by atoms with E-state index in [4.69, 9.17) is 10.5 Å². The summed E-state index contributed by atoms with van der Waals surface area (Å²) >= 11 is 0. The molecular formula is C14H23IN4O. The predicted octanol–water partition coefficient (Wildman–Crippen LogP) is 1.77. The summed E-state index contributed by atoms with van der Waals surface area (Å²) < 4.78 is 5.41. The van der Waals surface area contributed by atoms with Crippen LogP contribution in [0.5, 0.6) is 5.75 Å². The molecule has 6 heteroatoms. The first-order valence-corrected chi connectivity index (χ1v) is 6.69. The number of ether oxygens (including phenoxy) is 1. The zero-order valence-corrected chi connectivity index (χ0v) is 14.4. The van der Waals surface area contributed by atoms with Crippen molar-refractivity contribution >= 4 is 35.6 Å². The maximum atomic E-state index is 5.93. The Kier molecular flexibility index (Phi) is 6.90. The number of methoxy groups -OCH3 is 1. The van der Waals surface area contributed by atoms with Crippen LogP contribution in [0.1, 0.15) is 6.92 Å². The van der Waals surface area contributed by atoms with Gasteiger partial charge >= 0.3 is 0 Å². The summed E-state index contributed by atoms with van der Waals surface area (Å²) in [6.07, 6.45) is 0. The summed E-state index contributed by atoms with van der Waals surface area (Å²) in [5.41, 5.74) is 7.08. The fourth-order valence-corrected chi connectivity index (χ4v) is 2.33. The summed E-state index contributed by atoms with van der Waals surface area (Å²) in [5, 5.41) is 0. The van der Waals surface area contributed by atoms with E-state index in [-0.39, 0.29) is 24.0 Å². The minimum Gasteiger partial charge on any atom is -0.495 e. The number of rotatable bonds is 3. The van der Waals surface area contributed by atoms with Gasteiger partial charge in [-0.25, -0.2) is 0 Å². The summed E-state index contributed by atoms with van der Waals surface area (Å²) in [6.45, 7) is 6.39. The molecule has 1 aromatic carbocycles. The van der Waals surface area contributed by atoms with E-state index in [0.717, 1.165) is 44.2 Å². The van der Waals surface area contributed by atoms with Gasteiger partial charge in [0.05, 0.1) is 12.8 Å². The van der Waals surface area contributed by atoms with Crippen LogP contribution in [-0.4, -0.2) is 50.7 Å². The molecule has 5 nitrogen and oxygen atoms in total. The lowest BCUT2D eigenvalue weighted by Crippen LogP contribution is -2.51. The van der Waals surface area contributed by atoms with Crippen LogP contribution in [0.4, 0.5) is 5.69 Å². The number of halogens is 1. The molecule has 0 unspecified atom stereocenters. The number of aliphatic imine (C=N–C) groups is 1. The summed E-state index contributed by atoms with van der Waals surface area (Å²) in [7, 11) is 1.71. The van der Waals surface area contributed by atoms with Crippen molar-refractivity contribution < 1.29 is 4.74 Å². The first kappa shape index (κ1) is 16.9. The molecule has 0 atom stereocenters. The van der Waals surface area contributed by atoms with E-state index in [0.29, 0.717) is 5.96 Å². The molecule has 0 amide bonds. The zero-order valence-electron chi connectivity index (χ0n) is 12.1. The number of para-hydroxylation sites is 2. The standard InChI is InChI=1S/C14H22N4O.HI/c1-3-16-14(15)18-10-8-17(9-11-18)12-6-4-5-7-13(12)19-2;/h4-7H,3,8-11H2,1-2H3,(H2,15,16);1H. The van der Waals surface area contributed by atoms with Crippen LogP contribution >= 0.6 is 24.0 Å². The largest absolute Gasteiger partial charge is 0.495 e. The average molecular weight is 390 g/mol. The lowest BCUT2D eigenvalue weighted by Gasteiger charge is -2.37. The third-order valence-electron chi connectivity index (χ3n) is 3.35. The fraction of sp³-hybridized carbons (Fsp3) is 0.500. The summed E-state index contributed by atoms with van der Waals surface area (Å²) in [6, 6.07) is 8.12. The Bertz CT molecular complexity index is 445. The van der Waals surface area contributed by atoms with E-state index in [9.17, 15) is 0 Å². The topological polar surface area (TPSA) is 54.1 Å². The molecule has 1 fully saturated rings. The van der Waals surface area contributed by atoms with Crippen LogP contribution < -0.4 is 15.4 Å². The molecule has 1 saturated heterocycles. The molecule has 1 aliphatic heterocycles. The van der Waals surface area contributed by atoms with Crippen LogP contribution in [-0.2, 0) is 0 Å². The van der Waals surface area contributed by atoms with Gasteiger partial charge in [-0.2, -0.15) is 0 Å². The fourth-order valence-electron chi connectivity index (χ4n) is 2.33. The quantitative estimate of drug-likeness (QED) is 0.486. The minimum absolute atomic E-state index is 0. The monoisotopic (exact) mass is 390 g/mol. The molecule has 0 bridgehead atoms. The maximum Gasteiger partial charge on any atom is 0.191 e. The molecule has 0 aromatic heterocycles. The number of hydrogen-bond acceptors (Lipinski definition) is 3. The van der Waals surface area contributed by atoms with E-state index in [1.807, 2.05) is 25.1 Å². The molecule has 0 radical (unpaired) electrons. The Balaban J connectivity index is 0.00000200. The van der Waals surface area contributed by atoms with Gasteiger partial charge in [0.15, 0.2) is 5.96 Å². The minimum atomic E-state index is 0. The molecular weight excluding hydrogens is 367 g/mol. The highest BCUT2D eigenvalue weighted by molar-refractivity contribution is 14.0. The van der Waals surface area contributed by atoms with Crippen molar-refractivity contribution in [1.82, 2.24) is 4.90 Å². The molecule has 0 aliphatic carbocycles. The SMILES string of the molecule is CCN=C(N)N1CCN(c2ccccc2OC)CC1.I. The lowest BCUT2D eigenvalue weighted by molar-refractivity contribution is 0.374. The zero-order chi connectivity index (χ0) is 13.7. The Labute approximate surface area is 137 Å². The number of nitrogens with zero attached hydrogens (tertiary/aromatic N) is 3. The van der Waals surface area contributed by atoms with Crippen molar-refractivity contribution in [2.24, 2.45) is 10.7 Å². The van der Waals surface area contributed by atoms with E-state index in [1.54, 1.807) is 7.11 Å². The molecule has 1 aromatic rings. The molecule has 2 N–H and O–H groups in total. The molecule has 2 rings (SSSR count). The van der Waals surface area contributed by atoms with Crippen LogP contribution in [0.15, 0.2) is 29.3 Å². The lowest BCUT2D eigenvalue weighted by atomic mass is 10.2. The third kappa shape index (κ3) is 3.91. The van der Waals surface area contributed by atoms with Gasteiger partial charge in [-0.3, -0.25) is 4.99 Å². The molecule has 1 aliphatic rings. The van der Waals surface area contributed by atoms with E-state index in [1.165, 1.54) is 0 Å². The van der Waals surface area contributed by atoms with Crippen molar-refractivity contribution in [3.05, 3.63) is 24.3 Å². The number of hydrogen-bond donors (Lipinski definition) is 1. The molecule has 112 valence electrons. The number of guanidine groups is 1. The smallest absolute Gasteiger partial charge is 0.191 e. The highest BCUT2D eigenvalue weighted by Crippen LogP contribution is 2.28. The van der Waals surface area contributed by atoms with Gasteiger partial charge in [0, 0.05) is 32.7 Å². The molecule has 20 heavy (non-hydrogen) atoms. The van der Waals surface area contributed by atoms with E-state index in [2.05, 4.69) is 20.9 Å². The van der Waals surface area contributed by atoms with E-state index < -0.39 is 0 Å². The average Bonchev–Trinajstić information content (AvgIpc) is 2.47. The Morgan fingerprint density at radius 3 is 2.50 bits per heavy atom. The van der Waals surface area contributed by atoms with Gasteiger partial charge in [-0.15, -0.1) is 24.0 Å². The van der Waals surface area contributed by atoms with Crippen molar-refractivity contribution in [1.29, 1.82) is 0 Å². The summed E-state index contributed by atoms with van der Waals surface area (Å²) in [4.78, 5) is 8.72. The van der Waals surface area contributed by atoms with Crippen molar-refractivity contribution in [2.75, 3.05) is 44.7 Å². The van der Waals surface area contributed by atoms with Crippen molar-refractivity contribution in [3.63, 3.8) is 0 Å². The second kappa shape index (κ2) is 8.18. The number of piperazine rings is 1. The first-order valence-electron chi connectivity index (χ1n) is 6.69. The maximum absolute atomic E-state index is 5.93. The van der Waals surface area contributed by atoms with Crippen molar-refractivity contribution in [3.8, 4) is 5.75 Å². The van der Waals surface area contributed by atoms with Gasteiger partial charge in [0.1, 0.15) is 5.75 Å². The number of benzene rings is 1. The second-order valence-electron chi connectivity index (χ2n) is 4.48. The van der Waals surface area contributed by atoms with Crippen LogP contribution in [0.2, 0.25) is 0 Å². The normalized spacial score (nSPS) is 15.8. The molecule has 1 heterocycles. The van der Waals surface area contributed by atoms with Crippen LogP contribution in [0.25, 0.3) is 0 Å². The van der Waals surface area contributed by atoms with Crippen molar-refractivity contribution in [2.45, 2.75) is 6.92 Å². The van der Waals surface area contributed by atoms with Gasteiger partial charge in [0.2, 0.25) is 0 Å². The molecule has 0 saturated carbocycles. The highest BCUT2D eigenvalue weighted by atomic mass is 127. The first-order chi connectivity index (χ1) is 9.26. The number of nitrogens with two attached hydrogens (primary N) is 1. The van der Waals surface area contributed by atoms with Gasteiger partial charge in [0.25, 0.3) is 0 Å².